The topological polar surface area (TPSA) is 12.5 Å². The van der Waals surface area contributed by atoms with Crippen LogP contribution in [-0.2, 0) is 4.74 Å². The van der Waals surface area contributed by atoms with Gasteiger partial charge in [-0.15, -0.1) is 11.8 Å². The number of ether oxygens (including phenoxy) is 1. The number of benzene rings is 1. The number of hydrogen-bond acceptors (Lipinski definition) is 3. The molecule has 3 unspecified atom stereocenters. The zero-order valence-electron chi connectivity index (χ0n) is 11.3. The average molecular weight is 275 g/mol. The Balaban J connectivity index is 1.50. The summed E-state index contributed by atoms with van der Waals surface area (Å²) < 4.78 is 5.92. The monoisotopic (exact) mass is 275 g/mol. The summed E-state index contributed by atoms with van der Waals surface area (Å²) in [5.74, 6) is 1.98. The Morgan fingerprint density at radius 3 is 3.21 bits per heavy atom. The molecule has 102 valence electrons. The summed E-state index contributed by atoms with van der Waals surface area (Å²) in [6.45, 7) is 3.29. The summed E-state index contributed by atoms with van der Waals surface area (Å²) in [5.41, 5.74) is 1.58. The highest BCUT2D eigenvalue weighted by Gasteiger charge is 2.37. The van der Waals surface area contributed by atoms with E-state index in [0.29, 0.717) is 12.1 Å². The van der Waals surface area contributed by atoms with Crippen molar-refractivity contribution in [3.63, 3.8) is 0 Å². The summed E-state index contributed by atoms with van der Waals surface area (Å²) in [6.07, 6.45) is 4.49. The van der Waals surface area contributed by atoms with Crippen LogP contribution in [0.4, 0.5) is 0 Å². The quantitative estimate of drug-likeness (QED) is 0.823. The second-order valence-electron chi connectivity index (χ2n) is 5.95. The number of rotatable bonds is 2. The molecule has 2 nitrogen and oxygen atoms in total. The van der Waals surface area contributed by atoms with Crippen LogP contribution in [0, 0.1) is 0 Å². The van der Waals surface area contributed by atoms with Gasteiger partial charge in [-0.05, 0) is 30.9 Å². The first-order valence-electron chi connectivity index (χ1n) is 7.49. The van der Waals surface area contributed by atoms with Gasteiger partial charge in [-0.25, -0.2) is 0 Å². The molecule has 1 saturated carbocycles. The first kappa shape index (κ1) is 12.2. The highest BCUT2D eigenvalue weighted by Crippen LogP contribution is 2.41. The maximum atomic E-state index is 5.92. The second kappa shape index (κ2) is 5.12. The number of fused-ring (bicyclic) bond motifs is 2. The smallest absolute Gasteiger partial charge is 0.0730 e. The minimum Gasteiger partial charge on any atom is -0.375 e. The molecule has 1 aromatic carbocycles. The maximum absolute atomic E-state index is 5.92. The Bertz CT molecular complexity index is 464. The van der Waals surface area contributed by atoms with E-state index in [9.17, 15) is 0 Å². The molecule has 2 fully saturated rings. The lowest BCUT2D eigenvalue weighted by Gasteiger charge is -2.39. The van der Waals surface area contributed by atoms with Gasteiger partial charge in [-0.2, -0.15) is 0 Å². The lowest BCUT2D eigenvalue weighted by Crippen LogP contribution is -2.49. The molecule has 0 bridgehead atoms. The standard InChI is InChI=1S/C16H21NOS/c1-2-7-16-13(4-1)12(11-19-16)10-17-8-9-18-15-6-3-5-14(15)17/h1-2,4,7,12,14-15H,3,5-6,8-11H2. The first-order chi connectivity index (χ1) is 9.42. The minimum absolute atomic E-state index is 0.526. The minimum atomic E-state index is 0.526. The summed E-state index contributed by atoms with van der Waals surface area (Å²) in [5, 5.41) is 0. The van der Waals surface area contributed by atoms with E-state index in [1.807, 2.05) is 11.8 Å². The Hall–Kier alpha value is -0.510. The predicted molar refractivity (Wildman–Crippen MR) is 78.9 cm³/mol. The molecule has 0 N–H and O–H groups in total. The highest BCUT2D eigenvalue weighted by atomic mass is 32.2. The fourth-order valence-electron chi connectivity index (χ4n) is 3.90. The number of morpholine rings is 1. The Morgan fingerprint density at radius 2 is 2.21 bits per heavy atom. The van der Waals surface area contributed by atoms with Gasteiger partial charge in [0.2, 0.25) is 0 Å². The van der Waals surface area contributed by atoms with Crippen molar-refractivity contribution >= 4 is 11.8 Å². The molecule has 1 saturated heterocycles. The van der Waals surface area contributed by atoms with E-state index in [1.165, 1.54) is 36.5 Å². The first-order valence-corrected chi connectivity index (χ1v) is 8.48. The van der Waals surface area contributed by atoms with Gasteiger partial charge in [-0.1, -0.05) is 18.2 Å². The van der Waals surface area contributed by atoms with Crippen LogP contribution >= 0.6 is 11.8 Å². The van der Waals surface area contributed by atoms with Crippen LogP contribution in [0.15, 0.2) is 29.2 Å². The van der Waals surface area contributed by atoms with E-state index in [0.717, 1.165) is 19.1 Å². The average Bonchev–Trinajstić information content (AvgIpc) is 3.06. The van der Waals surface area contributed by atoms with Crippen LogP contribution in [0.25, 0.3) is 0 Å². The molecule has 0 aromatic heterocycles. The predicted octanol–water partition coefficient (Wildman–Crippen LogP) is 3.13. The molecule has 2 aliphatic heterocycles. The van der Waals surface area contributed by atoms with Gasteiger partial charge < -0.3 is 4.74 Å². The van der Waals surface area contributed by atoms with Gasteiger partial charge in [0.25, 0.3) is 0 Å². The summed E-state index contributed by atoms with van der Waals surface area (Å²) in [4.78, 5) is 4.22. The van der Waals surface area contributed by atoms with Gasteiger partial charge in [0.15, 0.2) is 0 Å². The van der Waals surface area contributed by atoms with Crippen LogP contribution in [-0.4, -0.2) is 42.5 Å². The Kier molecular flexibility index (Phi) is 3.30. The van der Waals surface area contributed by atoms with Crippen LogP contribution in [0.1, 0.15) is 30.7 Å². The molecule has 2 heterocycles. The summed E-state index contributed by atoms with van der Waals surface area (Å²) in [6, 6.07) is 9.65. The zero-order valence-corrected chi connectivity index (χ0v) is 12.1. The van der Waals surface area contributed by atoms with Crippen molar-refractivity contribution in [2.24, 2.45) is 0 Å². The SMILES string of the molecule is c1ccc2c(c1)SCC2CN1CCOC2CCCC21. The van der Waals surface area contributed by atoms with E-state index >= 15 is 0 Å². The molecular formula is C16H21NOS. The molecule has 3 atom stereocenters. The van der Waals surface area contributed by atoms with Crippen molar-refractivity contribution in [2.45, 2.75) is 42.2 Å². The fourth-order valence-corrected chi connectivity index (χ4v) is 5.14. The molecule has 19 heavy (non-hydrogen) atoms. The van der Waals surface area contributed by atoms with Crippen molar-refractivity contribution in [3.8, 4) is 0 Å². The summed E-state index contributed by atoms with van der Waals surface area (Å²) >= 11 is 2.03. The third-order valence-electron chi connectivity index (χ3n) is 4.85. The van der Waals surface area contributed by atoms with Crippen LogP contribution < -0.4 is 0 Å². The molecular weight excluding hydrogens is 254 g/mol. The van der Waals surface area contributed by atoms with Gasteiger partial charge in [0.05, 0.1) is 12.7 Å². The maximum Gasteiger partial charge on any atom is 0.0730 e. The Morgan fingerprint density at radius 1 is 1.26 bits per heavy atom. The van der Waals surface area contributed by atoms with Gasteiger partial charge in [-0.3, -0.25) is 4.90 Å². The van der Waals surface area contributed by atoms with E-state index < -0.39 is 0 Å². The molecule has 0 radical (unpaired) electrons. The molecule has 0 spiro atoms. The van der Waals surface area contributed by atoms with Crippen LogP contribution in [0.2, 0.25) is 0 Å². The fraction of sp³-hybridized carbons (Fsp3) is 0.625. The van der Waals surface area contributed by atoms with Crippen molar-refractivity contribution in [1.29, 1.82) is 0 Å². The van der Waals surface area contributed by atoms with Gasteiger partial charge >= 0.3 is 0 Å². The molecule has 4 rings (SSSR count). The second-order valence-corrected chi connectivity index (χ2v) is 7.01. The van der Waals surface area contributed by atoms with E-state index in [2.05, 4.69) is 29.2 Å². The van der Waals surface area contributed by atoms with Crippen molar-refractivity contribution in [2.75, 3.05) is 25.4 Å². The largest absolute Gasteiger partial charge is 0.375 e. The molecule has 0 amide bonds. The van der Waals surface area contributed by atoms with Gasteiger partial charge in [0.1, 0.15) is 0 Å². The van der Waals surface area contributed by atoms with Gasteiger partial charge in [0, 0.05) is 35.7 Å². The lowest BCUT2D eigenvalue weighted by molar-refractivity contribution is -0.0567. The van der Waals surface area contributed by atoms with Crippen LogP contribution in [0.5, 0.6) is 0 Å². The van der Waals surface area contributed by atoms with E-state index in [-0.39, 0.29) is 0 Å². The number of thioether (sulfide) groups is 1. The lowest BCUT2D eigenvalue weighted by atomic mass is 9.99. The molecule has 3 aliphatic rings. The van der Waals surface area contributed by atoms with Crippen LogP contribution in [0.3, 0.4) is 0 Å². The van der Waals surface area contributed by atoms with E-state index in [4.69, 9.17) is 4.74 Å². The Labute approximate surface area is 119 Å². The molecule has 1 aromatic rings. The third kappa shape index (κ3) is 2.22. The van der Waals surface area contributed by atoms with Crippen molar-refractivity contribution in [1.82, 2.24) is 4.90 Å². The highest BCUT2D eigenvalue weighted by molar-refractivity contribution is 7.99. The summed E-state index contributed by atoms with van der Waals surface area (Å²) in [7, 11) is 0. The third-order valence-corrected chi connectivity index (χ3v) is 6.10. The normalized spacial score (nSPS) is 34.2. The molecule has 1 aliphatic carbocycles. The van der Waals surface area contributed by atoms with Crippen molar-refractivity contribution in [3.05, 3.63) is 29.8 Å². The number of hydrogen-bond donors (Lipinski definition) is 0. The molecule has 3 heteroatoms. The van der Waals surface area contributed by atoms with E-state index in [1.54, 1.807) is 5.56 Å². The van der Waals surface area contributed by atoms with Crippen molar-refractivity contribution < 1.29 is 4.74 Å². The zero-order chi connectivity index (χ0) is 12.7. The number of nitrogens with zero attached hydrogens (tertiary/aromatic N) is 1.